The monoisotopic (exact) mass is 425 g/mol. The Balaban J connectivity index is 1.35. The van der Waals surface area contributed by atoms with Gasteiger partial charge in [0.15, 0.2) is 5.96 Å². The van der Waals surface area contributed by atoms with E-state index in [1.807, 2.05) is 6.33 Å². The maximum absolute atomic E-state index is 5.45. The predicted molar refractivity (Wildman–Crippen MR) is 122 cm³/mol. The number of morpholine rings is 1. The van der Waals surface area contributed by atoms with Gasteiger partial charge in [0, 0.05) is 58.8 Å². The van der Waals surface area contributed by atoms with Gasteiger partial charge in [-0.05, 0) is 24.0 Å². The van der Waals surface area contributed by atoms with E-state index >= 15 is 0 Å². The zero-order valence-corrected chi connectivity index (χ0v) is 18.7. The van der Waals surface area contributed by atoms with E-state index in [2.05, 4.69) is 61.1 Å². The van der Waals surface area contributed by atoms with E-state index in [0.29, 0.717) is 0 Å². The van der Waals surface area contributed by atoms with Crippen LogP contribution in [-0.2, 0) is 30.7 Å². The van der Waals surface area contributed by atoms with Gasteiger partial charge < -0.3 is 19.5 Å². The Hall–Kier alpha value is -2.45. The number of nitrogens with one attached hydrogen (secondary N) is 1. The predicted octanol–water partition coefficient (Wildman–Crippen LogP) is 1.57. The molecule has 8 nitrogen and oxygen atoms in total. The molecule has 1 aromatic carbocycles. The minimum atomic E-state index is 0.811. The van der Waals surface area contributed by atoms with Crippen molar-refractivity contribution in [2.24, 2.45) is 4.99 Å². The van der Waals surface area contributed by atoms with E-state index in [0.717, 1.165) is 96.6 Å². The van der Waals surface area contributed by atoms with Crippen LogP contribution in [0.3, 0.4) is 0 Å². The molecule has 2 aromatic rings. The summed E-state index contributed by atoms with van der Waals surface area (Å²) in [6, 6.07) is 8.75. The highest BCUT2D eigenvalue weighted by molar-refractivity contribution is 5.80. The number of rotatable bonds is 8. The third kappa shape index (κ3) is 6.04. The highest BCUT2D eigenvalue weighted by atomic mass is 16.5. The van der Waals surface area contributed by atoms with E-state index in [9.17, 15) is 0 Å². The molecule has 0 amide bonds. The number of aromatic nitrogens is 3. The molecule has 1 fully saturated rings. The van der Waals surface area contributed by atoms with Gasteiger partial charge in [-0.15, -0.1) is 10.2 Å². The van der Waals surface area contributed by atoms with Crippen molar-refractivity contribution < 1.29 is 4.74 Å². The standard InChI is InChI=1S/C23H35N7O/c1-2-22-27-26-19-30(22)13-10-25-23(24-9-5-11-28-14-16-31-17-15-28)29-12-8-20-6-3-4-7-21(20)18-29/h3-4,6-7,19H,2,5,8-18H2,1H3,(H,24,25). The lowest BCUT2D eigenvalue weighted by Crippen LogP contribution is -2.45. The first-order valence-corrected chi connectivity index (χ1v) is 11.6. The number of benzene rings is 1. The third-order valence-corrected chi connectivity index (χ3v) is 6.08. The van der Waals surface area contributed by atoms with E-state index in [1.165, 1.54) is 11.1 Å². The van der Waals surface area contributed by atoms with Crippen LogP contribution in [0, 0.1) is 0 Å². The van der Waals surface area contributed by atoms with Gasteiger partial charge in [0.1, 0.15) is 12.2 Å². The first-order valence-electron chi connectivity index (χ1n) is 11.6. The van der Waals surface area contributed by atoms with Gasteiger partial charge >= 0.3 is 0 Å². The number of aliphatic imine (C=N–C) groups is 1. The molecule has 0 spiro atoms. The summed E-state index contributed by atoms with van der Waals surface area (Å²) in [6.07, 6.45) is 4.85. The van der Waals surface area contributed by atoms with Gasteiger partial charge in [0.05, 0.1) is 13.2 Å². The van der Waals surface area contributed by atoms with Gasteiger partial charge in [-0.1, -0.05) is 31.2 Å². The summed E-state index contributed by atoms with van der Waals surface area (Å²) in [7, 11) is 0. The summed E-state index contributed by atoms with van der Waals surface area (Å²) in [4.78, 5) is 9.87. The lowest BCUT2D eigenvalue weighted by Gasteiger charge is -2.32. The number of hydrogen-bond donors (Lipinski definition) is 1. The number of ether oxygens (including phenoxy) is 1. The summed E-state index contributed by atoms with van der Waals surface area (Å²) in [5.41, 5.74) is 2.87. The second kappa shape index (κ2) is 11.2. The van der Waals surface area contributed by atoms with Gasteiger partial charge in [0.25, 0.3) is 0 Å². The molecule has 0 atom stereocenters. The smallest absolute Gasteiger partial charge is 0.194 e. The second-order valence-corrected chi connectivity index (χ2v) is 8.17. The lowest BCUT2D eigenvalue weighted by atomic mass is 10.0. The highest BCUT2D eigenvalue weighted by Crippen LogP contribution is 2.18. The minimum Gasteiger partial charge on any atom is -0.379 e. The van der Waals surface area contributed by atoms with Crippen molar-refractivity contribution in [2.75, 3.05) is 52.5 Å². The quantitative estimate of drug-likeness (QED) is 0.393. The van der Waals surface area contributed by atoms with Crippen LogP contribution >= 0.6 is 0 Å². The van der Waals surface area contributed by atoms with Crippen molar-refractivity contribution in [1.82, 2.24) is 29.9 Å². The third-order valence-electron chi connectivity index (χ3n) is 6.08. The Morgan fingerprint density at radius 3 is 2.81 bits per heavy atom. The molecule has 4 rings (SSSR count). The van der Waals surface area contributed by atoms with Crippen LogP contribution in [-0.4, -0.2) is 83.0 Å². The van der Waals surface area contributed by atoms with Crippen LogP contribution < -0.4 is 5.32 Å². The normalized spacial score (nSPS) is 17.6. The summed E-state index contributed by atoms with van der Waals surface area (Å²) in [5.74, 6) is 2.04. The molecule has 0 saturated carbocycles. The molecule has 31 heavy (non-hydrogen) atoms. The Morgan fingerprint density at radius 2 is 1.97 bits per heavy atom. The zero-order chi connectivity index (χ0) is 21.3. The van der Waals surface area contributed by atoms with E-state index < -0.39 is 0 Å². The van der Waals surface area contributed by atoms with Crippen LogP contribution in [0.2, 0.25) is 0 Å². The maximum atomic E-state index is 5.45. The SMILES string of the molecule is CCc1nncn1CCNC(=NCCCN1CCOCC1)N1CCc2ccccc2C1. The second-order valence-electron chi connectivity index (χ2n) is 8.17. The number of guanidine groups is 1. The highest BCUT2D eigenvalue weighted by Gasteiger charge is 2.19. The molecule has 168 valence electrons. The number of nitrogens with zero attached hydrogens (tertiary/aromatic N) is 6. The molecule has 1 aromatic heterocycles. The van der Waals surface area contributed by atoms with Crippen molar-refractivity contribution in [3.63, 3.8) is 0 Å². The van der Waals surface area contributed by atoms with Gasteiger partial charge in [-0.3, -0.25) is 9.89 Å². The molecular weight excluding hydrogens is 390 g/mol. The molecule has 0 bridgehead atoms. The largest absolute Gasteiger partial charge is 0.379 e. The van der Waals surface area contributed by atoms with E-state index in [-0.39, 0.29) is 0 Å². The topological polar surface area (TPSA) is 70.8 Å². The summed E-state index contributed by atoms with van der Waals surface area (Å²) < 4.78 is 7.57. The van der Waals surface area contributed by atoms with Crippen molar-refractivity contribution in [1.29, 1.82) is 0 Å². The average Bonchev–Trinajstić information content (AvgIpc) is 3.28. The van der Waals surface area contributed by atoms with Gasteiger partial charge in [-0.2, -0.15) is 0 Å². The molecule has 8 heteroatoms. The molecular formula is C23H35N7O. The molecule has 0 aliphatic carbocycles. The fourth-order valence-corrected chi connectivity index (χ4v) is 4.28. The first kappa shape index (κ1) is 21.8. The fourth-order valence-electron chi connectivity index (χ4n) is 4.28. The number of hydrogen-bond acceptors (Lipinski definition) is 5. The fraction of sp³-hybridized carbons (Fsp3) is 0.609. The molecule has 0 radical (unpaired) electrons. The van der Waals surface area contributed by atoms with Crippen LogP contribution in [0.15, 0.2) is 35.6 Å². The van der Waals surface area contributed by atoms with Gasteiger partial charge in [0.2, 0.25) is 0 Å². The maximum Gasteiger partial charge on any atom is 0.194 e. The van der Waals surface area contributed by atoms with Crippen LogP contribution in [0.1, 0.15) is 30.3 Å². The van der Waals surface area contributed by atoms with Crippen LogP contribution in [0.25, 0.3) is 0 Å². The Morgan fingerprint density at radius 1 is 1.13 bits per heavy atom. The Labute approximate surface area is 185 Å². The van der Waals surface area contributed by atoms with E-state index in [1.54, 1.807) is 0 Å². The molecule has 2 aliphatic rings. The summed E-state index contributed by atoms with van der Waals surface area (Å²) >= 11 is 0. The van der Waals surface area contributed by atoms with Crippen molar-refractivity contribution in [2.45, 2.75) is 39.3 Å². The van der Waals surface area contributed by atoms with Crippen molar-refractivity contribution in [3.05, 3.63) is 47.5 Å². The molecule has 2 aliphatic heterocycles. The summed E-state index contributed by atoms with van der Waals surface area (Å²) in [5, 5.41) is 11.8. The lowest BCUT2D eigenvalue weighted by molar-refractivity contribution is 0.0377. The Bertz CT molecular complexity index is 844. The molecule has 3 heterocycles. The number of fused-ring (bicyclic) bond motifs is 1. The molecule has 1 saturated heterocycles. The summed E-state index contributed by atoms with van der Waals surface area (Å²) in [6.45, 7) is 11.4. The minimum absolute atomic E-state index is 0.811. The number of aryl methyl sites for hydroxylation is 1. The molecule has 0 unspecified atom stereocenters. The first-order chi connectivity index (χ1) is 15.3. The average molecular weight is 426 g/mol. The van der Waals surface area contributed by atoms with E-state index in [4.69, 9.17) is 9.73 Å². The van der Waals surface area contributed by atoms with Crippen molar-refractivity contribution >= 4 is 5.96 Å². The zero-order valence-electron chi connectivity index (χ0n) is 18.7. The van der Waals surface area contributed by atoms with Crippen LogP contribution in [0.4, 0.5) is 0 Å². The Kier molecular flexibility index (Phi) is 7.90. The van der Waals surface area contributed by atoms with Crippen molar-refractivity contribution in [3.8, 4) is 0 Å². The molecule has 1 N–H and O–H groups in total. The van der Waals surface area contributed by atoms with Gasteiger partial charge in [-0.25, -0.2) is 0 Å². The van der Waals surface area contributed by atoms with Crippen LogP contribution in [0.5, 0.6) is 0 Å².